The van der Waals surface area contributed by atoms with E-state index in [4.69, 9.17) is 9.47 Å². The van der Waals surface area contributed by atoms with Crippen molar-refractivity contribution < 1.29 is 22.7 Å². The first kappa shape index (κ1) is 24.1. The van der Waals surface area contributed by atoms with E-state index < -0.39 is 10.0 Å². The number of carbonyl (C=O) groups is 1. The zero-order valence-corrected chi connectivity index (χ0v) is 19.8. The number of para-hydroxylation sites is 1. The number of sulfonamides is 1. The van der Waals surface area contributed by atoms with E-state index in [1.165, 1.54) is 25.3 Å². The molecule has 3 rings (SSSR count). The molecule has 0 radical (unpaired) electrons. The van der Waals surface area contributed by atoms with Gasteiger partial charge in [-0.25, -0.2) is 13.1 Å². The van der Waals surface area contributed by atoms with Crippen LogP contribution < -0.4 is 14.2 Å². The van der Waals surface area contributed by atoms with E-state index in [-0.39, 0.29) is 29.5 Å². The van der Waals surface area contributed by atoms with Gasteiger partial charge in [0.05, 0.1) is 17.6 Å². The van der Waals surface area contributed by atoms with Gasteiger partial charge in [-0.05, 0) is 55.0 Å². The molecule has 1 aliphatic heterocycles. The van der Waals surface area contributed by atoms with Crippen LogP contribution in [0.2, 0.25) is 0 Å². The molecule has 0 bridgehead atoms. The minimum atomic E-state index is -3.81. The van der Waals surface area contributed by atoms with E-state index in [9.17, 15) is 13.2 Å². The molecule has 1 fully saturated rings. The van der Waals surface area contributed by atoms with E-state index in [1.807, 2.05) is 24.3 Å². The fourth-order valence-corrected chi connectivity index (χ4v) is 4.84. The van der Waals surface area contributed by atoms with Crippen molar-refractivity contribution in [2.75, 3.05) is 33.4 Å². The standard InChI is InChI=1S/C24H32N2O5S/c1-18(2)20-9-5-6-10-23(20)31-16-13-25-32(28,29)19-11-12-22(30-3)21(17-19)24(27)26-14-7-4-8-15-26/h5-6,9-12,17-18,25H,4,7-8,13-16H2,1-3H3. The molecule has 0 unspecified atom stereocenters. The number of rotatable bonds is 9. The third-order valence-electron chi connectivity index (χ3n) is 5.55. The van der Waals surface area contributed by atoms with Crippen molar-refractivity contribution in [2.45, 2.75) is 43.9 Å². The van der Waals surface area contributed by atoms with Crippen LogP contribution in [0, 0.1) is 0 Å². The number of benzene rings is 2. The number of carbonyl (C=O) groups excluding carboxylic acids is 1. The smallest absolute Gasteiger partial charge is 0.257 e. The summed E-state index contributed by atoms with van der Waals surface area (Å²) in [7, 11) is -2.34. The first-order valence-electron chi connectivity index (χ1n) is 11.0. The Morgan fingerprint density at radius 3 is 2.47 bits per heavy atom. The van der Waals surface area contributed by atoms with Crippen molar-refractivity contribution in [1.29, 1.82) is 0 Å². The highest BCUT2D eigenvalue weighted by Crippen LogP contribution is 2.27. The molecular formula is C24H32N2O5S. The van der Waals surface area contributed by atoms with Crippen molar-refractivity contribution in [1.82, 2.24) is 9.62 Å². The average Bonchev–Trinajstić information content (AvgIpc) is 2.81. The lowest BCUT2D eigenvalue weighted by molar-refractivity contribution is 0.0720. The number of piperidine rings is 1. The van der Waals surface area contributed by atoms with Crippen molar-refractivity contribution in [3.63, 3.8) is 0 Å². The van der Waals surface area contributed by atoms with Gasteiger partial charge in [0.1, 0.15) is 18.1 Å². The van der Waals surface area contributed by atoms with Gasteiger partial charge < -0.3 is 14.4 Å². The lowest BCUT2D eigenvalue weighted by Gasteiger charge is -2.27. The largest absolute Gasteiger partial charge is 0.496 e. The molecule has 1 aliphatic rings. The molecule has 0 spiro atoms. The molecule has 1 heterocycles. The van der Waals surface area contributed by atoms with E-state index in [0.717, 1.165) is 30.6 Å². The molecule has 1 saturated heterocycles. The molecule has 0 aliphatic carbocycles. The maximum atomic E-state index is 13.0. The highest BCUT2D eigenvalue weighted by Gasteiger charge is 2.24. The minimum absolute atomic E-state index is 0.0289. The molecule has 1 N–H and O–H groups in total. The van der Waals surface area contributed by atoms with Gasteiger partial charge in [0.2, 0.25) is 10.0 Å². The van der Waals surface area contributed by atoms with Gasteiger partial charge in [-0.3, -0.25) is 4.79 Å². The molecular weight excluding hydrogens is 428 g/mol. The van der Waals surface area contributed by atoms with Crippen LogP contribution in [0.1, 0.15) is 54.9 Å². The van der Waals surface area contributed by atoms with E-state index in [2.05, 4.69) is 18.6 Å². The first-order valence-corrected chi connectivity index (χ1v) is 12.5. The summed E-state index contributed by atoms with van der Waals surface area (Å²) < 4.78 is 39.4. The third kappa shape index (κ3) is 5.81. The third-order valence-corrected chi connectivity index (χ3v) is 7.01. The zero-order chi connectivity index (χ0) is 23.1. The summed E-state index contributed by atoms with van der Waals surface area (Å²) in [6.07, 6.45) is 3.00. The summed E-state index contributed by atoms with van der Waals surface area (Å²) >= 11 is 0. The Balaban J connectivity index is 1.68. The number of nitrogens with one attached hydrogen (secondary N) is 1. The molecule has 1 amide bonds. The first-order chi connectivity index (χ1) is 15.3. The van der Waals surface area contributed by atoms with Gasteiger partial charge in [-0.2, -0.15) is 0 Å². The summed E-state index contributed by atoms with van der Waals surface area (Å²) in [5.41, 5.74) is 1.34. The minimum Gasteiger partial charge on any atom is -0.496 e. The predicted molar refractivity (Wildman–Crippen MR) is 124 cm³/mol. The molecule has 2 aromatic rings. The number of methoxy groups -OCH3 is 1. The van der Waals surface area contributed by atoms with Crippen LogP contribution >= 0.6 is 0 Å². The van der Waals surface area contributed by atoms with Gasteiger partial charge in [-0.15, -0.1) is 0 Å². The second-order valence-corrected chi connectivity index (χ2v) is 9.92. The SMILES string of the molecule is COc1ccc(S(=O)(=O)NCCOc2ccccc2C(C)C)cc1C(=O)N1CCCCC1. The fourth-order valence-electron chi connectivity index (χ4n) is 3.80. The lowest BCUT2D eigenvalue weighted by Crippen LogP contribution is -2.36. The number of ether oxygens (including phenoxy) is 2. The van der Waals surface area contributed by atoms with Crippen LogP contribution in [0.15, 0.2) is 47.4 Å². The van der Waals surface area contributed by atoms with Gasteiger partial charge >= 0.3 is 0 Å². The number of amides is 1. The Morgan fingerprint density at radius 2 is 1.78 bits per heavy atom. The van der Waals surface area contributed by atoms with Gasteiger partial charge in [0.25, 0.3) is 5.91 Å². The molecule has 7 nitrogen and oxygen atoms in total. The quantitative estimate of drug-likeness (QED) is 0.576. The van der Waals surface area contributed by atoms with Gasteiger partial charge in [-0.1, -0.05) is 32.0 Å². The number of nitrogens with zero attached hydrogens (tertiary/aromatic N) is 1. The molecule has 8 heteroatoms. The molecule has 2 aromatic carbocycles. The molecule has 174 valence electrons. The van der Waals surface area contributed by atoms with Crippen LogP contribution in [0.25, 0.3) is 0 Å². The number of likely N-dealkylation sites (tertiary alicyclic amines) is 1. The highest BCUT2D eigenvalue weighted by atomic mass is 32.2. The van der Waals surface area contributed by atoms with Gasteiger partial charge in [0, 0.05) is 19.6 Å². The Labute approximate surface area is 190 Å². The molecule has 0 aromatic heterocycles. The van der Waals surface area contributed by atoms with Crippen molar-refractivity contribution in [3.05, 3.63) is 53.6 Å². The Kier molecular flexibility index (Phi) is 8.15. The van der Waals surface area contributed by atoms with Crippen molar-refractivity contribution >= 4 is 15.9 Å². The highest BCUT2D eigenvalue weighted by molar-refractivity contribution is 7.89. The predicted octanol–water partition coefficient (Wildman–Crippen LogP) is 3.80. The Morgan fingerprint density at radius 1 is 1.06 bits per heavy atom. The monoisotopic (exact) mass is 460 g/mol. The van der Waals surface area contributed by atoms with E-state index >= 15 is 0 Å². The van der Waals surface area contributed by atoms with Crippen molar-refractivity contribution in [2.24, 2.45) is 0 Å². The maximum absolute atomic E-state index is 13.0. The van der Waals surface area contributed by atoms with Crippen LogP contribution in [-0.2, 0) is 10.0 Å². The summed E-state index contributed by atoms with van der Waals surface area (Å²) in [5, 5.41) is 0. The lowest BCUT2D eigenvalue weighted by atomic mass is 10.0. The van der Waals surface area contributed by atoms with Crippen LogP contribution in [0.4, 0.5) is 0 Å². The summed E-state index contributed by atoms with van der Waals surface area (Å²) in [6, 6.07) is 12.1. The van der Waals surface area contributed by atoms with Crippen LogP contribution in [0.5, 0.6) is 11.5 Å². The average molecular weight is 461 g/mol. The zero-order valence-electron chi connectivity index (χ0n) is 19.0. The fraction of sp³-hybridized carbons (Fsp3) is 0.458. The number of hydrogen-bond acceptors (Lipinski definition) is 5. The normalized spacial score (nSPS) is 14.4. The van der Waals surface area contributed by atoms with Crippen LogP contribution in [0.3, 0.4) is 0 Å². The molecule has 0 saturated carbocycles. The maximum Gasteiger partial charge on any atom is 0.257 e. The summed E-state index contributed by atoms with van der Waals surface area (Å²) in [4.78, 5) is 14.8. The number of hydrogen-bond donors (Lipinski definition) is 1. The molecule has 32 heavy (non-hydrogen) atoms. The van der Waals surface area contributed by atoms with Crippen LogP contribution in [-0.4, -0.2) is 52.6 Å². The van der Waals surface area contributed by atoms with Crippen molar-refractivity contribution in [3.8, 4) is 11.5 Å². The molecule has 0 atom stereocenters. The van der Waals surface area contributed by atoms with E-state index in [1.54, 1.807) is 4.90 Å². The Hall–Kier alpha value is -2.58. The van der Waals surface area contributed by atoms with E-state index in [0.29, 0.717) is 24.8 Å². The summed E-state index contributed by atoms with van der Waals surface area (Å²) in [6.45, 7) is 5.81. The summed E-state index contributed by atoms with van der Waals surface area (Å²) in [5.74, 6) is 1.22. The Bertz CT molecular complexity index is 1030. The topological polar surface area (TPSA) is 84.9 Å². The second-order valence-electron chi connectivity index (χ2n) is 8.15. The second kappa shape index (κ2) is 10.8. The van der Waals surface area contributed by atoms with Gasteiger partial charge in [0.15, 0.2) is 0 Å².